The van der Waals surface area contributed by atoms with Gasteiger partial charge in [-0.2, -0.15) is 11.8 Å². The molecule has 7 heteroatoms. The van der Waals surface area contributed by atoms with E-state index >= 15 is 0 Å². The summed E-state index contributed by atoms with van der Waals surface area (Å²) < 4.78 is 5.62. The van der Waals surface area contributed by atoms with Crippen LogP contribution in [0.25, 0.3) is 11.1 Å². The van der Waals surface area contributed by atoms with Gasteiger partial charge in [-0.05, 0) is 29.8 Å². The van der Waals surface area contributed by atoms with Crippen molar-refractivity contribution in [3.63, 3.8) is 0 Å². The molecule has 27 heavy (non-hydrogen) atoms. The molecule has 0 unspecified atom stereocenters. The molecular formula is C20H20N2O4S. The largest absolute Gasteiger partial charge is 0.481 e. The number of fused-ring (bicyclic) bond motifs is 1. The van der Waals surface area contributed by atoms with Gasteiger partial charge in [0, 0.05) is 30.0 Å². The van der Waals surface area contributed by atoms with Gasteiger partial charge < -0.3 is 14.8 Å². The lowest BCUT2D eigenvalue weighted by Crippen LogP contribution is -2.12. The van der Waals surface area contributed by atoms with Gasteiger partial charge in [0.1, 0.15) is 5.52 Å². The van der Waals surface area contributed by atoms with Crippen LogP contribution in [0.3, 0.4) is 0 Å². The molecule has 1 amide bonds. The predicted molar refractivity (Wildman–Crippen MR) is 106 cm³/mol. The molecule has 1 heterocycles. The molecule has 0 saturated heterocycles. The van der Waals surface area contributed by atoms with Crippen molar-refractivity contribution in [2.45, 2.75) is 25.0 Å². The summed E-state index contributed by atoms with van der Waals surface area (Å²) in [4.78, 5) is 27.1. The highest BCUT2D eigenvalue weighted by Gasteiger charge is 2.09. The van der Waals surface area contributed by atoms with Gasteiger partial charge in [-0.15, -0.1) is 0 Å². The molecule has 0 spiro atoms. The topological polar surface area (TPSA) is 92.4 Å². The number of aromatic nitrogens is 1. The number of benzene rings is 2. The van der Waals surface area contributed by atoms with Crippen LogP contribution in [-0.4, -0.2) is 27.7 Å². The first kappa shape index (κ1) is 19.0. The summed E-state index contributed by atoms with van der Waals surface area (Å²) in [6.07, 6.45) is 0.868. The Morgan fingerprint density at radius 3 is 2.78 bits per heavy atom. The lowest BCUT2D eigenvalue weighted by Gasteiger charge is -2.07. The fourth-order valence-electron chi connectivity index (χ4n) is 2.56. The molecule has 2 aromatic carbocycles. The second-order valence-electron chi connectivity index (χ2n) is 6.02. The fourth-order valence-corrected chi connectivity index (χ4v) is 3.44. The number of amides is 1. The summed E-state index contributed by atoms with van der Waals surface area (Å²) in [5, 5.41) is 11.5. The van der Waals surface area contributed by atoms with E-state index in [1.165, 1.54) is 0 Å². The van der Waals surface area contributed by atoms with Gasteiger partial charge in [-0.3, -0.25) is 9.59 Å². The summed E-state index contributed by atoms with van der Waals surface area (Å²) in [5.41, 5.74) is 3.29. The normalized spacial score (nSPS) is 10.8. The van der Waals surface area contributed by atoms with E-state index in [0.29, 0.717) is 23.8 Å². The second kappa shape index (κ2) is 9.23. The first-order valence-electron chi connectivity index (χ1n) is 8.63. The lowest BCUT2D eigenvalue weighted by molar-refractivity contribution is -0.136. The van der Waals surface area contributed by atoms with Crippen LogP contribution in [0.4, 0.5) is 5.69 Å². The Morgan fingerprint density at radius 2 is 1.96 bits per heavy atom. The van der Waals surface area contributed by atoms with Crippen molar-refractivity contribution in [2.24, 2.45) is 0 Å². The average Bonchev–Trinajstić information content (AvgIpc) is 3.07. The Balaban J connectivity index is 1.48. The highest BCUT2D eigenvalue weighted by Crippen LogP contribution is 2.18. The second-order valence-corrected chi connectivity index (χ2v) is 7.13. The standard InChI is InChI=1S/C20H20N2O4S/c23-18(8-9-19-22-16-6-1-2-7-17(16)26-19)21-15-5-3-4-14(12-15)13-27-11-10-20(24)25/h1-7,12H,8-11,13H2,(H,21,23)(H,24,25). The first-order valence-corrected chi connectivity index (χ1v) is 9.78. The molecule has 6 nitrogen and oxygen atoms in total. The third-order valence-electron chi connectivity index (χ3n) is 3.84. The molecule has 0 bridgehead atoms. The summed E-state index contributed by atoms with van der Waals surface area (Å²) in [7, 11) is 0. The summed E-state index contributed by atoms with van der Waals surface area (Å²) in [6, 6.07) is 15.1. The molecule has 2 N–H and O–H groups in total. The number of carbonyl (C=O) groups is 2. The zero-order valence-electron chi connectivity index (χ0n) is 14.7. The van der Waals surface area contributed by atoms with E-state index in [1.807, 2.05) is 48.5 Å². The molecule has 140 valence electrons. The Labute approximate surface area is 161 Å². The zero-order chi connectivity index (χ0) is 19.1. The molecule has 3 rings (SSSR count). The maximum atomic E-state index is 12.2. The fraction of sp³-hybridized carbons (Fsp3) is 0.250. The highest BCUT2D eigenvalue weighted by molar-refractivity contribution is 7.98. The number of rotatable bonds is 9. The van der Waals surface area contributed by atoms with Crippen molar-refractivity contribution >= 4 is 40.4 Å². The molecule has 0 atom stereocenters. The molecular weight excluding hydrogens is 364 g/mol. The van der Waals surface area contributed by atoms with Crippen LogP contribution in [0.1, 0.15) is 24.3 Å². The number of thioether (sulfide) groups is 1. The maximum Gasteiger partial charge on any atom is 0.304 e. The van der Waals surface area contributed by atoms with E-state index in [2.05, 4.69) is 10.3 Å². The van der Waals surface area contributed by atoms with Crippen molar-refractivity contribution in [1.82, 2.24) is 4.98 Å². The first-order chi connectivity index (χ1) is 13.1. The summed E-state index contributed by atoms with van der Waals surface area (Å²) >= 11 is 1.56. The summed E-state index contributed by atoms with van der Waals surface area (Å²) in [6.45, 7) is 0. The van der Waals surface area contributed by atoms with E-state index in [0.717, 1.165) is 22.4 Å². The molecule has 0 fully saturated rings. The van der Waals surface area contributed by atoms with Crippen LogP contribution in [0.5, 0.6) is 0 Å². The van der Waals surface area contributed by atoms with Crippen LogP contribution >= 0.6 is 11.8 Å². The van der Waals surface area contributed by atoms with Crippen molar-refractivity contribution in [3.05, 3.63) is 60.0 Å². The van der Waals surface area contributed by atoms with Crippen LogP contribution < -0.4 is 5.32 Å². The van der Waals surface area contributed by atoms with Crippen LogP contribution in [-0.2, 0) is 21.8 Å². The van der Waals surface area contributed by atoms with Gasteiger partial charge in [-0.1, -0.05) is 24.3 Å². The third-order valence-corrected chi connectivity index (χ3v) is 4.87. The summed E-state index contributed by atoms with van der Waals surface area (Å²) in [5.74, 6) is 0.932. The number of para-hydroxylation sites is 2. The Morgan fingerprint density at radius 1 is 1.11 bits per heavy atom. The van der Waals surface area contributed by atoms with Crippen LogP contribution in [0, 0.1) is 0 Å². The van der Waals surface area contributed by atoms with Gasteiger partial charge in [0.05, 0.1) is 6.42 Å². The number of hydrogen-bond acceptors (Lipinski definition) is 5. The number of carbonyl (C=O) groups excluding carboxylic acids is 1. The van der Waals surface area contributed by atoms with Crippen molar-refractivity contribution < 1.29 is 19.1 Å². The van der Waals surface area contributed by atoms with Crippen LogP contribution in [0.15, 0.2) is 52.9 Å². The Bertz CT molecular complexity index is 905. The minimum atomic E-state index is -0.789. The zero-order valence-corrected chi connectivity index (χ0v) is 15.5. The number of aryl methyl sites for hydroxylation is 1. The quantitative estimate of drug-likeness (QED) is 0.540. The number of aliphatic carboxylic acids is 1. The average molecular weight is 384 g/mol. The predicted octanol–water partition coefficient (Wildman–Crippen LogP) is 4.11. The molecule has 3 aromatic rings. The van der Waals surface area contributed by atoms with Crippen LogP contribution in [0.2, 0.25) is 0 Å². The molecule has 0 aliphatic heterocycles. The highest BCUT2D eigenvalue weighted by atomic mass is 32.2. The van der Waals surface area contributed by atoms with Gasteiger partial charge in [-0.25, -0.2) is 4.98 Å². The SMILES string of the molecule is O=C(O)CCSCc1cccc(NC(=O)CCc2nc3ccccc3o2)c1. The van der Waals surface area contributed by atoms with E-state index in [4.69, 9.17) is 9.52 Å². The minimum absolute atomic E-state index is 0.104. The molecule has 0 aliphatic carbocycles. The molecule has 0 radical (unpaired) electrons. The number of carboxylic acid groups (broad SMARTS) is 1. The smallest absolute Gasteiger partial charge is 0.304 e. The molecule has 0 saturated carbocycles. The van der Waals surface area contributed by atoms with E-state index in [9.17, 15) is 9.59 Å². The van der Waals surface area contributed by atoms with Gasteiger partial charge >= 0.3 is 5.97 Å². The number of nitrogens with one attached hydrogen (secondary N) is 1. The number of hydrogen-bond donors (Lipinski definition) is 2. The third kappa shape index (κ3) is 5.86. The van der Waals surface area contributed by atoms with Gasteiger partial charge in [0.25, 0.3) is 0 Å². The number of carboxylic acids is 1. The number of anilines is 1. The number of oxazole rings is 1. The molecule has 0 aliphatic rings. The van der Waals surface area contributed by atoms with E-state index < -0.39 is 5.97 Å². The molecule has 1 aromatic heterocycles. The van der Waals surface area contributed by atoms with Crippen molar-refractivity contribution in [1.29, 1.82) is 0 Å². The Kier molecular flexibility index (Phi) is 6.49. The maximum absolute atomic E-state index is 12.2. The van der Waals surface area contributed by atoms with E-state index in [1.54, 1.807) is 11.8 Å². The number of nitrogens with zero attached hydrogens (tertiary/aromatic N) is 1. The minimum Gasteiger partial charge on any atom is -0.481 e. The van der Waals surface area contributed by atoms with Gasteiger partial charge in [0.15, 0.2) is 11.5 Å². The lowest BCUT2D eigenvalue weighted by atomic mass is 10.2. The monoisotopic (exact) mass is 384 g/mol. The van der Waals surface area contributed by atoms with Crippen molar-refractivity contribution in [2.75, 3.05) is 11.1 Å². The van der Waals surface area contributed by atoms with Crippen molar-refractivity contribution in [3.8, 4) is 0 Å². The Hall–Kier alpha value is -2.80. The van der Waals surface area contributed by atoms with Gasteiger partial charge in [0.2, 0.25) is 5.91 Å². The van der Waals surface area contributed by atoms with E-state index in [-0.39, 0.29) is 18.7 Å².